The Labute approximate surface area is 118 Å². The second-order valence-corrected chi connectivity index (χ2v) is 3.93. The molecule has 0 atom stereocenters. The summed E-state index contributed by atoms with van der Waals surface area (Å²) in [7, 11) is 1.47. The number of amides is 1. The van der Waals surface area contributed by atoms with Gasteiger partial charge in [-0.05, 0) is 6.07 Å². The molecule has 0 aliphatic carbocycles. The number of carbonyl (C=O) groups is 1. The topological polar surface area (TPSA) is 133 Å². The van der Waals surface area contributed by atoms with E-state index in [0.717, 1.165) is 12.3 Å². The maximum atomic E-state index is 12.1. The molecule has 2 rings (SSSR count). The van der Waals surface area contributed by atoms with E-state index in [0.29, 0.717) is 11.6 Å². The molecule has 0 radical (unpaired) electrons. The summed E-state index contributed by atoms with van der Waals surface area (Å²) in [5.74, 6) is -0.320. The van der Waals surface area contributed by atoms with Crippen molar-refractivity contribution >= 4 is 23.1 Å². The number of anilines is 2. The number of nitrogens with two attached hydrogens (primary N) is 1. The molecule has 2 heterocycles. The zero-order chi connectivity index (χ0) is 15.4. The third-order valence-electron chi connectivity index (χ3n) is 2.56. The number of nitrogens with one attached hydrogen (secondary N) is 1. The molecule has 0 bridgehead atoms. The van der Waals surface area contributed by atoms with Gasteiger partial charge < -0.3 is 15.8 Å². The lowest BCUT2D eigenvalue weighted by Gasteiger charge is -2.07. The minimum absolute atomic E-state index is 0.0833. The highest BCUT2D eigenvalue weighted by molar-refractivity contribution is 6.07. The van der Waals surface area contributed by atoms with Crippen LogP contribution < -0.4 is 15.8 Å². The molecule has 21 heavy (non-hydrogen) atoms. The highest BCUT2D eigenvalue weighted by atomic mass is 16.6. The number of nitro groups is 1. The molecular formula is C12H11N5O4. The van der Waals surface area contributed by atoms with Crippen LogP contribution in [0.15, 0.2) is 30.6 Å². The average molecular weight is 289 g/mol. The lowest BCUT2D eigenvalue weighted by molar-refractivity contribution is -0.385. The van der Waals surface area contributed by atoms with Gasteiger partial charge in [-0.25, -0.2) is 9.97 Å². The van der Waals surface area contributed by atoms with Crippen molar-refractivity contribution < 1.29 is 14.5 Å². The SMILES string of the molecule is COc1ccc(NC(=O)c2cc([N+](=O)[O-])cnc2N)cn1. The van der Waals surface area contributed by atoms with Gasteiger partial charge in [-0.1, -0.05) is 0 Å². The summed E-state index contributed by atoms with van der Waals surface area (Å²) in [6, 6.07) is 4.20. The number of rotatable bonds is 4. The minimum Gasteiger partial charge on any atom is -0.481 e. The average Bonchev–Trinajstić information content (AvgIpc) is 2.48. The van der Waals surface area contributed by atoms with Crippen LogP contribution in [0.2, 0.25) is 0 Å². The summed E-state index contributed by atoms with van der Waals surface area (Å²) in [4.78, 5) is 29.6. The Hall–Kier alpha value is -3.23. The maximum absolute atomic E-state index is 12.1. The highest BCUT2D eigenvalue weighted by Gasteiger charge is 2.16. The number of hydrogen-bond acceptors (Lipinski definition) is 7. The number of ether oxygens (including phenoxy) is 1. The number of pyridine rings is 2. The fourth-order valence-corrected chi connectivity index (χ4v) is 1.52. The molecule has 9 nitrogen and oxygen atoms in total. The first kappa shape index (κ1) is 14.2. The van der Waals surface area contributed by atoms with Gasteiger partial charge >= 0.3 is 0 Å². The number of hydrogen-bond donors (Lipinski definition) is 2. The van der Waals surface area contributed by atoms with Crippen LogP contribution in [-0.2, 0) is 0 Å². The van der Waals surface area contributed by atoms with Crippen molar-refractivity contribution in [2.24, 2.45) is 0 Å². The van der Waals surface area contributed by atoms with E-state index < -0.39 is 10.8 Å². The zero-order valence-electron chi connectivity index (χ0n) is 10.9. The molecule has 0 saturated heterocycles. The molecule has 0 aliphatic heterocycles. The molecule has 2 aromatic rings. The number of carbonyl (C=O) groups excluding carboxylic acids is 1. The third-order valence-corrected chi connectivity index (χ3v) is 2.56. The van der Waals surface area contributed by atoms with Gasteiger partial charge in [0.25, 0.3) is 11.6 Å². The molecular weight excluding hydrogens is 278 g/mol. The Balaban J connectivity index is 2.23. The normalized spacial score (nSPS) is 9.95. The number of methoxy groups -OCH3 is 1. The van der Waals surface area contributed by atoms with Crippen LogP contribution >= 0.6 is 0 Å². The van der Waals surface area contributed by atoms with Crippen LogP contribution in [0.4, 0.5) is 17.2 Å². The van der Waals surface area contributed by atoms with Crippen LogP contribution in [0.25, 0.3) is 0 Å². The quantitative estimate of drug-likeness (QED) is 0.638. The Kier molecular flexibility index (Phi) is 3.93. The predicted octanol–water partition coefficient (Wildman–Crippen LogP) is 1.23. The smallest absolute Gasteiger partial charge is 0.288 e. The van der Waals surface area contributed by atoms with Crippen LogP contribution in [-0.4, -0.2) is 27.9 Å². The summed E-state index contributed by atoms with van der Waals surface area (Å²) < 4.78 is 4.89. The van der Waals surface area contributed by atoms with Crippen LogP contribution in [0.5, 0.6) is 5.88 Å². The van der Waals surface area contributed by atoms with Crippen LogP contribution in [0, 0.1) is 10.1 Å². The van der Waals surface area contributed by atoms with E-state index in [1.54, 1.807) is 12.1 Å². The van der Waals surface area contributed by atoms with Gasteiger partial charge in [0.1, 0.15) is 12.0 Å². The number of nitrogens with zero attached hydrogens (tertiary/aromatic N) is 3. The first-order chi connectivity index (χ1) is 10.0. The molecule has 0 saturated carbocycles. The van der Waals surface area contributed by atoms with Gasteiger partial charge in [-0.2, -0.15) is 0 Å². The first-order valence-electron chi connectivity index (χ1n) is 5.72. The summed E-state index contributed by atoms with van der Waals surface area (Å²) in [6.45, 7) is 0. The monoisotopic (exact) mass is 289 g/mol. The Morgan fingerprint density at radius 1 is 1.38 bits per heavy atom. The number of nitrogen functional groups attached to an aromatic ring is 1. The van der Waals surface area contributed by atoms with E-state index in [4.69, 9.17) is 10.5 Å². The molecule has 0 unspecified atom stereocenters. The third kappa shape index (κ3) is 3.21. The molecule has 9 heteroatoms. The van der Waals surface area contributed by atoms with Crippen molar-refractivity contribution in [3.8, 4) is 5.88 Å². The van der Waals surface area contributed by atoms with E-state index in [1.807, 2.05) is 0 Å². The molecule has 3 N–H and O–H groups in total. The zero-order valence-corrected chi connectivity index (χ0v) is 10.9. The lowest BCUT2D eigenvalue weighted by Crippen LogP contribution is -2.15. The second kappa shape index (κ2) is 5.82. The Morgan fingerprint density at radius 2 is 2.14 bits per heavy atom. The summed E-state index contributed by atoms with van der Waals surface area (Å²) in [5, 5.41) is 13.2. The minimum atomic E-state index is -0.655. The Bertz CT molecular complexity index is 687. The fourth-order valence-electron chi connectivity index (χ4n) is 1.52. The van der Waals surface area contributed by atoms with E-state index in [2.05, 4.69) is 15.3 Å². The van der Waals surface area contributed by atoms with E-state index in [1.165, 1.54) is 13.3 Å². The van der Waals surface area contributed by atoms with Gasteiger partial charge in [0.15, 0.2) is 0 Å². The van der Waals surface area contributed by atoms with Crippen LogP contribution in [0.1, 0.15) is 10.4 Å². The second-order valence-electron chi connectivity index (χ2n) is 3.93. The van der Waals surface area contributed by atoms with Crippen molar-refractivity contribution in [2.75, 3.05) is 18.2 Å². The Morgan fingerprint density at radius 3 is 2.71 bits per heavy atom. The largest absolute Gasteiger partial charge is 0.481 e. The lowest BCUT2D eigenvalue weighted by atomic mass is 10.2. The van der Waals surface area contributed by atoms with E-state index in [9.17, 15) is 14.9 Å². The predicted molar refractivity (Wildman–Crippen MR) is 74.0 cm³/mol. The van der Waals surface area contributed by atoms with Gasteiger partial charge in [-0.3, -0.25) is 14.9 Å². The number of aromatic nitrogens is 2. The van der Waals surface area contributed by atoms with Crippen molar-refractivity contribution in [3.05, 3.63) is 46.3 Å². The van der Waals surface area contributed by atoms with Gasteiger partial charge in [0.05, 0.1) is 29.5 Å². The molecule has 0 aliphatic rings. The molecule has 0 fully saturated rings. The highest BCUT2D eigenvalue weighted by Crippen LogP contribution is 2.19. The van der Waals surface area contributed by atoms with Crippen molar-refractivity contribution in [2.45, 2.75) is 0 Å². The van der Waals surface area contributed by atoms with Crippen molar-refractivity contribution in [1.82, 2.24) is 9.97 Å². The summed E-state index contributed by atoms with van der Waals surface area (Å²) in [6.07, 6.45) is 2.37. The molecule has 2 aromatic heterocycles. The maximum Gasteiger partial charge on any atom is 0.288 e. The standard InChI is InChI=1S/C12H11N5O4/c1-21-10-3-2-7(5-14-10)16-12(18)9-4-8(17(19)20)6-15-11(9)13/h2-6H,1H3,(H2,13,15)(H,16,18). The molecule has 0 aromatic carbocycles. The van der Waals surface area contributed by atoms with Crippen molar-refractivity contribution in [1.29, 1.82) is 0 Å². The molecule has 108 valence electrons. The van der Waals surface area contributed by atoms with Crippen molar-refractivity contribution in [3.63, 3.8) is 0 Å². The van der Waals surface area contributed by atoms with E-state index in [-0.39, 0.29) is 17.1 Å². The molecule has 0 spiro atoms. The van der Waals surface area contributed by atoms with Gasteiger partial charge in [-0.15, -0.1) is 0 Å². The first-order valence-corrected chi connectivity index (χ1v) is 5.72. The summed E-state index contributed by atoms with van der Waals surface area (Å²) >= 11 is 0. The summed E-state index contributed by atoms with van der Waals surface area (Å²) in [5.41, 5.74) is 5.55. The fraction of sp³-hybridized carbons (Fsp3) is 0.0833. The van der Waals surface area contributed by atoms with E-state index >= 15 is 0 Å². The van der Waals surface area contributed by atoms with Gasteiger partial charge in [0, 0.05) is 12.1 Å². The van der Waals surface area contributed by atoms with Crippen LogP contribution in [0.3, 0.4) is 0 Å². The molecule has 1 amide bonds. The van der Waals surface area contributed by atoms with Gasteiger partial charge in [0.2, 0.25) is 5.88 Å².